The summed E-state index contributed by atoms with van der Waals surface area (Å²) in [4.78, 5) is 19.7. The summed E-state index contributed by atoms with van der Waals surface area (Å²) in [7, 11) is 0. The van der Waals surface area contributed by atoms with Gasteiger partial charge >= 0.3 is 0 Å². The summed E-state index contributed by atoms with van der Waals surface area (Å²) in [6.45, 7) is 0. The maximum absolute atomic E-state index is 11.9. The van der Waals surface area contributed by atoms with Crippen LogP contribution in [0.2, 0.25) is 0 Å². The smallest absolute Gasteiger partial charge is 0.277 e. The van der Waals surface area contributed by atoms with Crippen molar-refractivity contribution in [2.75, 3.05) is 5.32 Å². The van der Waals surface area contributed by atoms with E-state index in [4.69, 9.17) is 5.26 Å². The Labute approximate surface area is 129 Å². The minimum absolute atomic E-state index is 0.206. The molecule has 0 aliphatic rings. The van der Waals surface area contributed by atoms with Crippen molar-refractivity contribution in [3.63, 3.8) is 0 Å². The molecule has 0 saturated heterocycles. The number of nitrogens with zero attached hydrogens (tertiary/aromatic N) is 5. The maximum atomic E-state index is 11.9. The molecule has 2 heterocycles. The number of rotatable bonds is 3. The zero-order valence-corrected chi connectivity index (χ0v) is 11.9. The van der Waals surface area contributed by atoms with Crippen molar-refractivity contribution in [2.45, 2.75) is 0 Å². The van der Waals surface area contributed by atoms with E-state index in [0.717, 1.165) is 5.56 Å². The Bertz CT molecular complexity index is 838. The normalized spacial score (nSPS) is 9.95. The number of nitriles is 1. The second-order valence-electron chi connectivity index (χ2n) is 4.15. The number of aromatic nitrogens is 4. The van der Waals surface area contributed by atoms with Crippen LogP contribution in [-0.4, -0.2) is 26.1 Å². The van der Waals surface area contributed by atoms with Crippen LogP contribution in [0.25, 0.3) is 10.6 Å². The average Bonchev–Trinajstić information content (AvgIpc) is 3.04. The first-order valence-electron chi connectivity index (χ1n) is 6.17. The molecule has 0 fully saturated rings. The molecule has 106 valence electrons. The average molecular weight is 308 g/mol. The Balaban J connectivity index is 1.76. The largest absolute Gasteiger partial charge is 0.295 e. The monoisotopic (exact) mass is 308 g/mol. The molecule has 3 rings (SSSR count). The van der Waals surface area contributed by atoms with E-state index in [1.165, 1.54) is 29.9 Å². The molecular formula is C14H8N6OS. The fourth-order valence-corrected chi connectivity index (χ4v) is 2.40. The Morgan fingerprint density at radius 3 is 2.68 bits per heavy atom. The third-order valence-corrected chi connectivity index (χ3v) is 3.59. The summed E-state index contributed by atoms with van der Waals surface area (Å²) in [5.41, 5.74) is 1.61. The summed E-state index contributed by atoms with van der Waals surface area (Å²) < 4.78 is 0. The molecule has 0 atom stereocenters. The lowest BCUT2D eigenvalue weighted by molar-refractivity contribution is 0.102. The van der Waals surface area contributed by atoms with Gasteiger partial charge in [-0.2, -0.15) is 5.26 Å². The van der Waals surface area contributed by atoms with Gasteiger partial charge in [-0.25, -0.2) is 4.98 Å². The molecule has 0 aliphatic heterocycles. The lowest BCUT2D eigenvalue weighted by Crippen LogP contribution is -2.13. The summed E-state index contributed by atoms with van der Waals surface area (Å²) in [6.07, 6.45) is 4.31. The number of carbonyl (C=O) groups is 1. The van der Waals surface area contributed by atoms with E-state index >= 15 is 0 Å². The summed E-state index contributed by atoms with van der Waals surface area (Å²) in [5.74, 6) is -0.393. The first-order valence-corrected chi connectivity index (χ1v) is 6.99. The van der Waals surface area contributed by atoms with Gasteiger partial charge < -0.3 is 0 Å². The highest BCUT2D eigenvalue weighted by atomic mass is 32.1. The third kappa shape index (κ3) is 2.94. The van der Waals surface area contributed by atoms with Gasteiger partial charge in [0.2, 0.25) is 5.13 Å². The van der Waals surface area contributed by atoms with Crippen molar-refractivity contribution in [3.05, 3.63) is 54.1 Å². The summed E-state index contributed by atoms with van der Waals surface area (Å²) in [6, 6.07) is 9.03. The predicted octanol–water partition coefficient (Wildman–Crippen LogP) is 2.12. The Hall–Kier alpha value is -3.18. The van der Waals surface area contributed by atoms with Gasteiger partial charge in [0.15, 0.2) is 0 Å². The number of hydrogen-bond acceptors (Lipinski definition) is 7. The number of amides is 1. The molecule has 0 saturated carbocycles. The molecule has 1 N–H and O–H groups in total. The van der Waals surface area contributed by atoms with E-state index in [2.05, 4.69) is 31.6 Å². The summed E-state index contributed by atoms with van der Waals surface area (Å²) in [5, 5.41) is 20.4. The van der Waals surface area contributed by atoms with Crippen LogP contribution in [0.5, 0.6) is 0 Å². The second-order valence-corrected chi connectivity index (χ2v) is 5.12. The van der Waals surface area contributed by atoms with Crippen LogP contribution in [0.15, 0.2) is 42.9 Å². The number of anilines is 1. The first-order chi connectivity index (χ1) is 10.8. The Morgan fingerprint density at radius 1 is 1.18 bits per heavy atom. The number of hydrogen-bond donors (Lipinski definition) is 1. The van der Waals surface area contributed by atoms with Crippen molar-refractivity contribution >= 4 is 22.4 Å². The van der Waals surface area contributed by atoms with Crippen LogP contribution in [-0.2, 0) is 0 Å². The lowest BCUT2D eigenvalue weighted by atomic mass is 10.2. The van der Waals surface area contributed by atoms with E-state index in [-0.39, 0.29) is 5.69 Å². The second kappa shape index (κ2) is 6.07. The van der Waals surface area contributed by atoms with Gasteiger partial charge in [0.25, 0.3) is 5.91 Å². The highest BCUT2D eigenvalue weighted by Crippen LogP contribution is 2.26. The van der Waals surface area contributed by atoms with E-state index in [0.29, 0.717) is 15.7 Å². The van der Waals surface area contributed by atoms with E-state index < -0.39 is 5.91 Å². The molecule has 0 unspecified atom stereocenters. The zero-order valence-electron chi connectivity index (χ0n) is 11.1. The summed E-state index contributed by atoms with van der Waals surface area (Å²) >= 11 is 1.24. The van der Waals surface area contributed by atoms with Gasteiger partial charge in [0, 0.05) is 18.0 Å². The van der Waals surface area contributed by atoms with Gasteiger partial charge in [0.05, 0.1) is 17.8 Å². The minimum Gasteiger partial charge on any atom is -0.295 e. The number of benzene rings is 1. The molecule has 7 nitrogen and oxygen atoms in total. The molecule has 0 bridgehead atoms. The van der Waals surface area contributed by atoms with Crippen LogP contribution in [0.4, 0.5) is 5.13 Å². The number of carbonyl (C=O) groups excluding carboxylic acids is 1. The van der Waals surface area contributed by atoms with Crippen LogP contribution < -0.4 is 5.32 Å². The molecule has 22 heavy (non-hydrogen) atoms. The molecule has 1 amide bonds. The molecule has 1 aromatic carbocycles. The van der Waals surface area contributed by atoms with Crippen molar-refractivity contribution in [3.8, 4) is 16.6 Å². The first kappa shape index (κ1) is 13.8. The highest BCUT2D eigenvalue weighted by Gasteiger charge is 2.12. The molecule has 2 aromatic heterocycles. The molecule has 0 spiro atoms. The fraction of sp³-hybridized carbons (Fsp3) is 0. The van der Waals surface area contributed by atoms with E-state index in [1.807, 2.05) is 0 Å². The van der Waals surface area contributed by atoms with Crippen LogP contribution >= 0.6 is 11.3 Å². The molecule has 3 aromatic rings. The van der Waals surface area contributed by atoms with Gasteiger partial charge in [0.1, 0.15) is 10.7 Å². The molecular weight excluding hydrogens is 300 g/mol. The van der Waals surface area contributed by atoms with Crippen molar-refractivity contribution in [2.24, 2.45) is 0 Å². The van der Waals surface area contributed by atoms with E-state index in [1.54, 1.807) is 24.3 Å². The van der Waals surface area contributed by atoms with Crippen molar-refractivity contribution in [1.82, 2.24) is 20.2 Å². The quantitative estimate of drug-likeness (QED) is 0.794. The third-order valence-electron chi connectivity index (χ3n) is 2.70. The minimum atomic E-state index is -0.393. The highest BCUT2D eigenvalue weighted by molar-refractivity contribution is 7.18. The van der Waals surface area contributed by atoms with Crippen LogP contribution in [0.3, 0.4) is 0 Å². The van der Waals surface area contributed by atoms with Crippen molar-refractivity contribution in [1.29, 1.82) is 5.26 Å². The SMILES string of the molecule is N#Cc1ccc(-c2nnc(NC(=O)c3cnccn3)s2)cc1. The van der Waals surface area contributed by atoms with Gasteiger partial charge in [-0.1, -0.05) is 23.5 Å². The van der Waals surface area contributed by atoms with Crippen LogP contribution in [0, 0.1) is 11.3 Å². The van der Waals surface area contributed by atoms with Crippen molar-refractivity contribution < 1.29 is 4.79 Å². The van der Waals surface area contributed by atoms with Crippen LogP contribution in [0.1, 0.15) is 16.1 Å². The fourth-order valence-electron chi connectivity index (χ4n) is 1.66. The standard InChI is InChI=1S/C14H8N6OS/c15-7-9-1-3-10(4-2-9)13-19-20-14(22-13)18-12(21)11-8-16-5-6-17-11/h1-6,8H,(H,18,20,21). The zero-order chi connectivity index (χ0) is 15.4. The Kier molecular flexibility index (Phi) is 3.80. The molecule has 8 heteroatoms. The molecule has 0 aliphatic carbocycles. The van der Waals surface area contributed by atoms with E-state index in [9.17, 15) is 4.79 Å². The lowest BCUT2D eigenvalue weighted by Gasteiger charge is -1.98. The number of nitrogens with one attached hydrogen (secondary N) is 1. The Morgan fingerprint density at radius 2 is 2.00 bits per heavy atom. The van der Waals surface area contributed by atoms with Gasteiger partial charge in [-0.05, 0) is 12.1 Å². The van der Waals surface area contributed by atoms with Gasteiger partial charge in [-0.15, -0.1) is 10.2 Å². The molecule has 0 radical (unpaired) electrons. The topological polar surface area (TPSA) is 104 Å². The predicted molar refractivity (Wildman–Crippen MR) is 80.0 cm³/mol. The van der Waals surface area contributed by atoms with Gasteiger partial charge in [-0.3, -0.25) is 15.1 Å². The maximum Gasteiger partial charge on any atom is 0.277 e.